The summed E-state index contributed by atoms with van der Waals surface area (Å²) in [4.78, 5) is 21.9. The van der Waals surface area contributed by atoms with Gasteiger partial charge in [-0.3, -0.25) is 4.79 Å². The molecule has 0 saturated heterocycles. The van der Waals surface area contributed by atoms with E-state index in [9.17, 15) is 4.79 Å². The first-order valence-corrected chi connectivity index (χ1v) is 10.3. The number of hydrogen-bond acceptors (Lipinski definition) is 5. The molecule has 0 spiro atoms. The standard InChI is InChI=1S/C20H29N5O2S.HI/c1-5-21-18(26)13-27-17-9-7-8-16(10-17)11-23-20(22-6-2)24-12-19-25-14(3)15(4)28-19;/h7-10H,5-6,11-13H2,1-4H3,(H,21,26)(H2,22,23,24);1H. The fourth-order valence-corrected chi connectivity index (χ4v) is 3.29. The number of carbonyl (C=O) groups is 1. The molecule has 3 N–H and O–H groups in total. The molecule has 1 amide bonds. The van der Waals surface area contributed by atoms with Crippen LogP contribution in [0.4, 0.5) is 0 Å². The molecule has 0 atom stereocenters. The van der Waals surface area contributed by atoms with Crippen LogP contribution >= 0.6 is 35.3 Å². The second-order valence-corrected chi connectivity index (χ2v) is 7.48. The molecule has 0 aliphatic carbocycles. The maximum absolute atomic E-state index is 11.5. The number of thiazole rings is 1. The lowest BCUT2D eigenvalue weighted by molar-refractivity contribution is -0.122. The summed E-state index contributed by atoms with van der Waals surface area (Å²) in [6.45, 7) is 10.5. The van der Waals surface area contributed by atoms with Crippen LogP contribution in [0.15, 0.2) is 29.3 Å². The normalized spacial score (nSPS) is 10.8. The van der Waals surface area contributed by atoms with Gasteiger partial charge in [0.05, 0.1) is 18.8 Å². The van der Waals surface area contributed by atoms with Gasteiger partial charge in [0.25, 0.3) is 5.91 Å². The summed E-state index contributed by atoms with van der Waals surface area (Å²) in [7, 11) is 0. The number of halogens is 1. The number of hydrogen-bond donors (Lipinski definition) is 3. The number of carbonyl (C=O) groups excluding carboxylic acids is 1. The number of ether oxygens (including phenoxy) is 1. The number of amides is 1. The van der Waals surface area contributed by atoms with Crippen LogP contribution in [0.1, 0.15) is 35.0 Å². The van der Waals surface area contributed by atoms with E-state index in [1.807, 2.05) is 45.0 Å². The van der Waals surface area contributed by atoms with Gasteiger partial charge in [-0.05, 0) is 45.4 Å². The molecule has 0 bridgehead atoms. The van der Waals surface area contributed by atoms with Gasteiger partial charge in [0.2, 0.25) is 0 Å². The number of aryl methyl sites for hydroxylation is 2. The van der Waals surface area contributed by atoms with Crippen molar-refractivity contribution in [3.63, 3.8) is 0 Å². The Hall–Kier alpha value is -1.88. The third-order valence-corrected chi connectivity index (χ3v) is 4.96. The van der Waals surface area contributed by atoms with Crippen molar-refractivity contribution in [3.05, 3.63) is 45.4 Å². The fourth-order valence-electron chi connectivity index (χ4n) is 2.42. The van der Waals surface area contributed by atoms with Crippen LogP contribution in [0.3, 0.4) is 0 Å². The monoisotopic (exact) mass is 531 g/mol. The molecule has 9 heteroatoms. The molecule has 1 heterocycles. The van der Waals surface area contributed by atoms with Gasteiger partial charge < -0.3 is 20.7 Å². The first-order chi connectivity index (χ1) is 13.5. The minimum atomic E-state index is -0.128. The van der Waals surface area contributed by atoms with Crippen LogP contribution in [0.25, 0.3) is 0 Å². The van der Waals surface area contributed by atoms with E-state index in [4.69, 9.17) is 4.74 Å². The van der Waals surface area contributed by atoms with Crippen molar-refractivity contribution < 1.29 is 9.53 Å². The summed E-state index contributed by atoms with van der Waals surface area (Å²) in [5.74, 6) is 1.27. The van der Waals surface area contributed by atoms with Gasteiger partial charge in [0, 0.05) is 18.0 Å². The molecule has 2 aromatic rings. The summed E-state index contributed by atoms with van der Waals surface area (Å²) < 4.78 is 5.54. The van der Waals surface area contributed by atoms with Gasteiger partial charge in [-0.1, -0.05) is 12.1 Å². The number of likely N-dealkylation sites (N-methyl/N-ethyl adjacent to an activating group) is 1. The number of nitrogens with zero attached hydrogens (tertiary/aromatic N) is 2. The van der Waals surface area contributed by atoms with Crippen LogP contribution < -0.4 is 20.7 Å². The third-order valence-electron chi connectivity index (χ3n) is 3.89. The zero-order chi connectivity index (χ0) is 20.4. The fraction of sp³-hybridized carbons (Fsp3) is 0.450. The van der Waals surface area contributed by atoms with Crippen molar-refractivity contribution in [2.45, 2.75) is 40.8 Å². The zero-order valence-electron chi connectivity index (χ0n) is 17.4. The number of rotatable bonds is 9. The Labute approximate surface area is 193 Å². The molecule has 0 unspecified atom stereocenters. The highest BCUT2D eigenvalue weighted by molar-refractivity contribution is 14.0. The first kappa shape index (κ1) is 25.2. The van der Waals surface area contributed by atoms with E-state index in [0.717, 1.165) is 28.8 Å². The Bertz CT molecular complexity index is 790. The number of nitrogens with one attached hydrogen (secondary N) is 3. The maximum atomic E-state index is 11.5. The molecule has 0 aliphatic rings. The summed E-state index contributed by atoms with van der Waals surface area (Å²) in [6, 6.07) is 7.63. The number of aliphatic imine (C=N–C) groups is 1. The smallest absolute Gasteiger partial charge is 0.257 e. The summed E-state index contributed by atoms with van der Waals surface area (Å²) in [6.07, 6.45) is 0. The first-order valence-electron chi connectivity index (χ1n) is 9.45. The predicted octanol–water partition coefficient (Wildman–Crippen LogP) is 3.15. The van der Waals surface area contributed by atoms with Gasteiger partial charge in [-0.25, -0.2) is 9.98 Å². The van der Waals surface area contributed by atoms with Gasteiger partial charge in [-0.2, -0.15) is 0 Å². The molecule has 1 aromatic heterocycles. The van der Waals surface area contributed by atoms with Crippen LogP contribution in [0.5, 0.6) is 5.75 Å². The topological polar surface area (TPSA) is 87.6 Å². The Balaban J connectivity index is 0.00000420. The van der Waals surface area contributed by atoms with Crippen molar-refractivity contribution in [3.8, 4) is 5.75 Å². The SMILES string of the molecule is CCNC(=O)COc1cccc(CN=C(NCC)NCc2nc(C)c(C)s2)c1.I. The minimum Gasteiger partial charge on any atom is -0.484 e. The Kier molecular flexibility index (Phi) is 11.6. The molecular weight excluding hydrogens is 501 g/mol. The van der Waals surface area contributed by atoms with Crippen molar-refractivity contribution in [2.24, 2.45) is 4.99 Å². The predicted molar refractivity (Wildman–Crippen MR) is 129 cm³/mol. The third kappa shape index (κ3) is 8.99. The van der Waals surface area contributed by atoms with E-state index in [1.165, 1.54) is 4.88 Å². The Morgan fingerprint density at radius 1 is 1.17 bits per heavy atom. The van der Waals surface area contributed by atoms with E-state index in [0.29, 0.717) is 25.4 Å². The van der Waals surface area contributed by atoms with Gasteiger partial charge in [0.15, 0.2) is 12.6 Å². The van der Waals surface area contributed by atoms with Gasteiger partial charge in [-0.15, -0.1) is 35.3 Å². The Morgan fingerprint density at radius 3 is 2.59 bits per heavy atom. The highest BCUT2D eigenvalue weighted by Crippen LogP contribution is 2.16. The second-order valence-electron chi connectivity index (χ2n) is 6.19. The zero-order valence-corrected chi connectivity index (χ0v) is 20.5. The summed E-state index contributed by atoms with van der Waals surface area (Å²) in [5.41, 5.74) is 2.08. The minimum absolute atomic E-state index is 0. The number of guanidine groups is 1. The largest absolute Gasteiger partial charge is 0.484 e. The van der Waals surface area contributed by atoms with Crippen molar-refractivity contribution in [2.75, 3.05) is 19.7 Å². The quantitative estimate of drug-likeness (QED) is 0.263. The molecule has 0 aliphatic heterocycles. The lowest BCUT2D eigenvalue weighted by Crippen LogP contribution is -2.36. The molecule has 1 aromatic carbocycles. The summed E-state index contributed by atoms with van der Waals surface area (Å²) >= 11 is 1.70. The number of aromatic nitrogens is 1. The maximum Gasteiger partial charge on any atom is 0.257 e. The molecule has 7 nitrogen and oxygen atoms in total. The summed E-state index contributed by atoms with van der Waals surface area (Å²) in [5, 5.41) is 10.3. The average Bonchev–Trinajstić information content (AvgIpc) is 3.00. The lowest BCUT2D eigenvalue weighted by atomic mass is 10.2. The van der Waals surface area contributed by atoms with Crippen molar-refractivity contribution in [1.82, 2.24) is 20.9 Å². The van der Waals surface area contributed by atoms with Crippen LogP contribution in [-0.4, -0.2) is 36.5 Å². The molecule has 2 rings (SSSR count). The van der Waals surface area contributed by atoms with Gasteiger partial charge >= 0.3 is 0 Å². The molecular formula is C20H30IN5O2S. The highest BCUT2D eigenvalue weighted by Gasteiger charge is 2.05. The highest BCUT2D eigenvalue weighted by atomic mass is 127. The molecule has 29 heavy (non-hydrogen) atoms. The molecule has 0 fully saturated rings. The second kappa shape index (κ2) is 13.4. The van der Waals surface area contributed by atoms with E-state index >= 15 is 0 Å². The lowest BCUT2D eigenvalue weighted by Gasteiger charge is -2.11. The van der Waals surface area contributed by atoms with Crippen LogP contribution in [-0.2, 0) is 17.9 Å². The van der Waals surface area contributed by atoms with E-state index in [-0.39, 0.29) is 36.5 Å². The van der Waals surface area contributed by atoms with E-state index < -0.39 is 0 Å². The average molecular weight is 531 g/mol. The molecule has 0 saturated carbocycles. The molecule has 160 valence electrons. The van der Waals surface area contributed by atoms with Crippen LogP contribution in [0.2, 0.25) is 0 Å². The van der Waals surface area contributed by atoms with E-state index in [2.05, 4.69) is 32.9 Å². The Morgan fingerprint density at radius 2 is 1.93 bits per heavy atom. The van der Waals surface area contributed by atoms with Crippen molar-refractivity contribution in [1.29, 1.82) is 0 Å². The van der Waals surface area contributed by atoms with Crippen LogP contribution in [0, 0.1) is 13.8 Å². The number of benzene rings is 1. The van der Waals surface area contributed by atoms with Gasteiger partial charge in [0.1, 0.15) is 10.8 Å². The van der Waals surface area contributed by atoms with E-state index in [1.54, 1.807) is 11.3 Å². The molecule has 0 radical (unpaired) electrons. The van der Waals surface area contributed by atoms with Crippen molar-refractivity contribution >= 4 is 47.2 Å².